The van der Waals surface area contributed by atoms with Crippen molar-refractivity contribution in [3.8, 4) is 12.1 Å². The summed E-state index contributed by atoms with van der Waals surface area (Å²) in [5.41, 5.74) is 2.67. The van der Waals surface area contributed by atoms with Gasteiger partial charge < -0.3 is 10.5 Å². The maximum atomic E-state index is 11.0. The Bertz CT molecular complexity index is 444. The standard InChI is InChI=1S/C13H19N5O2/c1-10(19)4-6-12(2,8-14)17-18-13(3,9-15)7-5-11(16)20/h4-7H2,1-3H3,(H2,16,20). The van der Waals surface area contributed by atoms with Crippen molar-refractivity contribution in [2.75, 3.05) is 0 Å². The summed E-state index contributed by atoms with van der Waals surface area (Å²) in [4.78, 5) is 21.7. The van der Waals surface area contributed by atoms with Crippen molar-refractivity contribution in [2.45, 2.75) is 57.5 Å². The molecule has 2 atom stereocenters. The van der Waals surface area contributed by atoms with E-state index in [-0.39, 0.29) is 31.5 Å². The van der Waals surface area contributed by atoms with Crippen LogP contribution in [0.4, 0.5) is 0 Å². The summed E-state index contributed by atoms with van der Waals surface area (Å²) in [6.07, 6.45) is 0.601. The van der Waals surface area contributed by atoms with Crippen LogP contribution < -0.4 is 5.73 Å². The molecule has 0 rings (SSSR count). The van der Waals surface area contributed by atoms with E-state index < -0.39 is 17.0 Å². The number of ketones is 1. The van der Waals surface area contributed by atoms with Crippen LogP contribution in [0.2, 0.25) is 0 Å². The van der Waals surface area contributed by atoms with E-state index in [0.717, 1.165) is 0 Å². The van der Waals surface area contributed by atoms with E-state index in [0.29, 0.717) is 0 Å². The predicted molar refractivity (Wildman–Crippen MR) is 71.2 cm³/mol. The van der Waals surface area contributed by atoms with Gasteiger partial charge in [-0.1, -0.05) is 0 Å². The molecular weight excluding hydrogens is 258 g/mol. The highest BCUT2D eigenvalue weighted by Gasteiger charge is 2.28. The van der Waals surface area contributed by atoms with E-state index in [1.165, 1.54) is 13.8 Å². The molecule has 2 N–H and O–H groups in total. The number of Topliss-reactive ketones (excluding diaryl/α,β-unsaturated/α-hetero) is 1. The van der Waals surface area contributed by atoms with Gasteiger partial charge in [0, 0.05) is 12.8 Å². The fourth-order valence-corrected chi connectivity index (χ4v) is 1.26. The van der Waals surface area contributed by atoms with Gasteiger partial charge in [0.25, 0.3) is 0 Å². The first-order valence-electron chi connectivity index (χ1n) is 6.21. The molecule has 1 amide bonds. The van der Waals surface area contributed by atoms with Crippen molar-refractivity contribution in [3.63, 3.8) is 0 Å². The maximum absolute atomic E-state index is 11.0. The number of azo groups is 1. The number of nitriles is 2. The smallest absolute Gasteiger partial charge is 0.217 e. The number of nitrogens with two attached hydrogens (primary N) is 1. The summed E-state index contributed by atoms with van der Waals surface area (Å²) >= 11 is 0. The van der Waals surface area contributed by atoms with Crippen LogP contribution in [0.3, 0.4) is 0 Å². The number of primary amides is 1. The minimum Gasteiger partial charge on any atom is -0.370 e. The summed E-state index contributed by atoms with van der Waals surface area (Å²) in [6.45, 7) is 4.49. The van der Waals surface area contributed by atoms with E-state index in [9.17, 15) is 9.59 Å². The Hall–Kier alpha value is -2.28. The Balaban J connectivity index is 4.92. The second kappa shape index (κ2) is 7.34. The van der Waals surface area contributed by atoms with Crippen molar-refractivity contribution in [1.29, 1.82) is 10.5 Å². The number of nitrogens with zero attached hydrogens (tertiary/aromatic N) is 4. The topological polar surface area (TPSA) is 132 Å². The van der Waals surface area contributed by atoms with E-state index in [1.54, 1.807) is 6.92 Å². The molecule has 0 aliphatic rings. The molecule has 0 bridgehead atoms. The van der Waals surface area contributed by atoms with Gasteiger partial charge in [-0.25, -0.2) is 0 Å². The SMILES string of the molecule is CC(=O)CCC(C)(C#N)N=NC(C)(C#N)CCC(N)=O. The maximum Gasteiger partial charge on any atom is 0.217 e. The Morgan fingerprint density at radius 2 is 1.45 bits per heavy atom. The molecule has 2 unspecified atom stereocenters. The van der Waals surface area contributed by atoms with Gasteiger partial charge in [0.05, 0.1) is 12.1 Å². The highest BCUT2D eigenvalue weighted by Crippen LogP contribution is 2.23. The van der Waals surface area contributed by atoms with Gasteiger partial charge in [0.2, 0.25) is 5.91 Å². The third-order valence-electron chi connectivity index (χ3n) is 2.80. The molecule has 0 aromatic rings. The van der Waals surface area contributed by atoms with Crippen LogP contribution in [0, 0.1) is 22.7 Å². The molecule has 0 aliphatic carbocycles. The molecule has 0 aliphatic heterocycles. The first-order valence-corrected chi connectivity index (χ1v) is 6.21. The van der Waals surface area contributed by atoms with Crippen LogP contribution in [-0.2, 0) is 9.59 Å². The van der Waals surface area contributed by atoms with Gasteiger partial charge in [-0.3, -0.25) is 4.79 Å². The molecule has 20 heavy (non-hydrogen) atoms. The minimum atomic E-state index is -1.20. The van der Waals surface area contributed by atoms with Crippen molar-refractivity contribution in [1.82, 2.24) is 0 Å². The molecule has 0 heterocycles. The lowest BCUT2D eigenvalue weighted by Crippen LogP contribution is -2.26. The fourth-order valence-electron chi connectivity index (χ4n) is 1.26. The molecule has 0 aromatic heterocycles. The zero-order valence-electron chi connectivity index (χ0n) is 12.0. The van der Waals surface area contributed by atoms with Gasteiger partial charge in [0.1, 0.15) is 5.78 Å². The van der Waals surface area contributed by atoms with E-state index >= 15 is 0 Å². The van der Waals surface area contributed by atoms with E-state index in [1.807, 2.05) is 12.1 Å². The minimum absolute atomic E-state index is 0.0137. The van der Waals surface area contributed by atoms with Crippen LogP contribution in [-0.4, -0.2) is 22.8 Å². The Morgan fingerprint density at radius 3 is 1.75 bits per heavy atom. The highest BCUT2D eigenvalue weighted by atomic mass is 16.1. The molecule has 0 saturated carbocycles. The third-order valence-corrected chi connectivity index (χ3v) is 2.80. The van der Waals surface area contributed by atoms with Gasteiger partial charge >= 0.3 is 0 Å². The fraction of sp³-hybridized carbons (Fsp3) is 0.692. The number of carbonyl (C=O) groups excluding carboxylic acids is 2. The average Bonchev–Trinajstić information content (AvgIpc) is 2.41. The highest BCUT2D eigenvalue weighted by molar-refractivity contribution is 5.75. The molecule has 0 radical (unpaired) electrons. The van der Waals surface area contributed by atoms with Gasteiger partial charge in [-0.15, -0.1) is 0 Å². The summed E-state index contributed by atoms with van der Waals surface area (Å²) in [5.74, 6) is -0.570. The average molecular weight is 277 g/mol. The van der Waals surface area contributed by atoms with Gasteiger partial charge in [-0.05, 0) is 33.6 Å². The Kier molecular flexibility index (Phi) is 6.51. The number of amides is 1. The van der Waals surface area contributed by atoms with Crippen molar-refractivity contribution < 1.29 is 9.59 Å². The molecule has 0 fully saturated rings. The third kappa shape index (κ3) is 6.60. The molecule has 7 nitrogen and oxygen atoms in total. The first-order chi connectivity index (χ1) is 9.16. The number of hydrogen-bond acceptors (Lipinski definition) is 6. The van der Waals surface area contributed by atoms with Gasteiger partial charge in [0.15, 0.2) is 11.1 Å². The van der Waals surface area contributed by atoms with Crippen molar-refractivity contribution >= 4 is 11.7 Å². The molecular formula is C13H19N5O2. The number of carbonyl (C=O) groups is 2. The van der Waals surface area contributed by atoms with Gasteiger partial charge in [-0.2, -0.15) is 20.8 Å². The largest absolute Gasteiger partial charge is 0.370 e. The zero-order chi connectivity index (χ0) is 15.8. The van der Waals surface area contributed by atoms with E-state index in [2.05, 4.69) is 10.2 Å². The van der Waals surface area contributed by atoms with Crippen LogP contribution in [0.1, 0.15) is 46.5 Å². The van der Waals surface area contributed by atoms with Crippen LogP contribution in [0.5, 0.6) is 0 Å². The van der Waals surface area contributed by atoms with Crippen molar-refractivity contribution in [2.24, 2.45) is 16.0 Å². The Labute approximate surface area is 118 Å². The molecule has 0 aromatic carbocycles. The molecule has 0 spiro atoms. The molecule has 108 valence electrons. The lowest BCUT2D eigenvalue weighted by molar-refractivity contribution is -0.118. The summed E-state index contributed by atoms with van der Waals surface area (Å²) in [7, 11) is 0. The van der Waals surface area contributed by atoms with Crippen molar-refractivity contribution in [3.05, 3.63) is 0 Å². The quantitative estimate of drug-likeness (QED) is 0.675. The van der Waals surface area contributed by atoms with Crippen LogP contribution >= 0.6 is 0 Å². The lowest BCUT2D eigenvalue weighted by atomic mass is 9.97. The lowest BCUT2D eigenvalue weighted by Gasteiger charge is -2.18. The number of rotatable bonds is 8. The van der Waals surface area contributed by atoms with Crippen LogP contribution in [0.25, 0.3) is 0 Å². The first kappa shape index (κ1) is 17.7. The Morgan fingerprint density at radius 1 is 1.05 bits per heavy atom. The predicted octanol–water partition coefficient (Wildman–Crippen LogP) is 1.64. The normalized spacial score (nSPS) is 16.6. The summed E-state index contributed by atoms with van der Waals surface area (Å²) < 4.78 is 0. The second-order valence-corrected chi connectivity index (χ2v) is 5.14. The monoisotopic (exact) mass is 277 g/mol. The molecule has 0 saturated heterocycles. The van der Waals surface area contributed by atoms with E-state index in [4.69, 9.17) is 16.3 Å². The summed E-state index contributed by atoms with van der Waals surface area (Å²) in [5, 5.41) is 26.0. The molecule has 7 heteroatoms. The summed E-state index contributed by atoms with van der Waals surface area (Å²) in [6, 6.07) is 3.93. The second-order valence-electron chi connectivity index (χ2n) is 5.14. The zero-order valence-corrected chi connectivity index (χ0v) is 12.0. The van der Waals surface area contributed by atoms with Crippen LogP contribution in [0.15, 0.2) is 10.2 Å². The number of hydrogen-bond donors (Lipinski definition) is 1.